The largest absolute Gasteiger partial charge is 0.395 e. The molecule has 0 aromatic heterocycles. The first-order valence-corrected chi connectivity index (χ1v) is 6.37. The van der Waals surface area contributed by atoms with Crippen molar-refractivity contribution in [1.29, 1.82) is 0 Å². The zero-order valence-electron chi connectivity index (χ0n) is 10.5. The predicted octanol–water partition coefficient (Wildman–Crippen LogP) is 0.446. The maximum Gasteiger partial charge on any atom is 0.0558 e. The first-order chi connectivity index (χ1) is 7.76. The number of rotatable bonds is 7. The Kier molecular flexibility index (Phi) is 6.28. The lowest BCUT2D eigenvalue weighted by atomic mass is 9.82. The summed E-state index contributed by atoms with van der Waals surface area (Å²) in [4.78, 5) is 2.31. The van der Waals surface area contributed by atoms with Crippen molar-refractivity contribution in [2.75, 3.05) is 46.0 Å². The normalized spacial score (nSPS) is 26.2. The second-order valence-electron chi connectivity index (χ2n) is 4.86. The van der Waals surface area contributed by atoms with Gasteiger partial charge in [-0.15, -0.1) is 0 Å². The molecule has 0 aromatic carbocycles. The van der Waals surface area contributed by atoms with E-state index in [1.807, 2.05) is 0 Å². The van der Waals surface area contributed by atoms with Crippen molar-refractivity contribution in [2.45, 2.75) is 26.2 Å². The Labute approximate surface area is 98.8 Å². The summed E-state index contributed by atoms with van der Waals surface area (Å²) in [6, 6.07) is 0. The highest BCUT2D eigenvalue weighted by Crippen LogP contribution is 2.28. The highest BCUT2D eigenvalue weighted by molar-refractivity contribution is 4.86. The Morgan fingerprint density at radius 3 is 2.75 bits per heavy atom. The van der Waals surface area contributed by atoms with E-state index in [-0.39, 0.29) is 12.0 Å². The van der Waals surface area contributed by atoms with E-state index in [1.54, 1.807) is 0 Å². The zero-order valence-corrected chi connectivity index (χ0v) is 10.5. The Bertz CT molecular complexity index is 176. The van der Waals surface area contributed by atoms with Crippen molar-refractivity contribution in [3.8, 4) is 0 Å². The van der Waals surface area contributed by atoms with Gasteiger partial charge in [-0.2, -0.15) is 0 Å². The number of hydrogen-bond donors (Lipinski definition) is 2. The van der Waals surface area contributed by atoms with Gasteiger partial charge in [0.1, 0.15) is 0 Å². The van der Waals surface area contributed by atoms with E-state index in [0.29, 0.717) is 6.54 Å². The van der Waals surface area contributed by atoms with Crippen molar-refractivity contribution in [2.24, 2.45) is 11.1 Å². The van der Waals surface area contributed by atoms with Crippen molar-refractivity contribution in [1.82, 2.24) is 4.90 Å². The smallest absolute Gasteiger partial charge is 0.0558 e. The number of hydrogen-bond acceptors (Lipinski definition) is 4. The lowest BCUT2D eigenvalue weighted by Gasteiger charge is -2.40. The summed E-state index contributed by atoms with van der Waals surface area (Å²) in [5.41, 5.74) is 6.02. The van der Waals surface area contributed by atoms with Crippen LogP contribution in [0.3, 0.4) is 0 Å². The van der Waals surface area contributed by atoms with Gasteiger partial charge in [-0.25, -0.2) is 0 Å². The molecule has 1 atom stereocenters. The molecule has 1 saturated heterocycles. The van der Waals surface area contributed by atoms with Crippen LogP contribution in [-0.4, -0.2) is 56.0 Å². The number of aliphatic hydroxyl groups excluding tert-OH is 1. The molecular weight excluding hydrogens is 204 g/mol. The molecule has 1 unspecified atom stereocenters. The van der Waals surface area contributed by atoms with Crippen LogP contribution in [0, 0.1) is 5.41 Å². The molecule has 0 aliphatic carbocycles. The Morgan fingerprint density at radius 1 is 1.44 bits per heavy atom. The van der Waals surface area contributed by atoms with Crippen LogP contribution in [0.2, 0.25) is 0 Å². The average molecular weight is 230 g/mol. The lowest BCUT2D eigenvalue weighted by Crippen LogP contribution is -2.48. The Morgan fingerprint density at radius 2 is 2.25 bits per heavy atom. The van der Waals surface area contributed by atoms with Crippen LogP contribution in [0.4, 0.5) is 0 Å². The molecule has 1 fully saturated rings. The van der Waals surface area contributed by atoms with E-state index in [0.717, 1.165) is 52.1 Å². The van der Waals surface area contributed by atoms with Crippen molar-refractivity contribution >= 4 is 0 Å². The molecular formula is C12H26N2O2. The first-order valence-electron chi connectivity index (χ1n) is 6.37. The van der Waals surface area contributed by atoms with Gasteiger partial charge >= 0.3 is 0 Å². The van der Waals surface area contributed by atoms with Gasteiger partial charge in [-0.1, -0.05) is 6.92 Å². The summed E-state index contributed by atoms with van der Waals surface area (Å²) in [5.74, 6) is 0. The molecule has 1 rings (SSSR count). The number of ether oxygens (including phenoxy) is 1. The molecule has 0 aromatic rings. The fraction of sp³-hybridized carbons (Fsp3) is 1.00. The third kappa shape index (κ3) is 4.01. The van der Waals surface area contributed by atoms with Crippen LogP contribution in [0.5, 0.6) is 0 Å². The minimum absolute atomic E-state index is 0.114. The van der Waals surface area contributed by atoms with Gasteiger partial charge in [-0.05, 0) is 25.8 Å². The van der Waals surface area contributed by atoms with E-state index in [2.05, 4.69) is 11.8 Å². The molecule has 1 aliphatic rings. The van der Waals surface area contributed by atoms with E-state index in [4.69, 9.17) is 15.6 Å². The number of nitrogens with zero attached hydrogens (tertiary/aromatic N) is 1. The van der Waals surface area contributed by atoms with Crippen molar-refractivity contribution in [3.05, 3.63) is 0 Å². The van der Waals surface area contributed by atoms with Gasteiger partial charge in [0.2, 0.25) is 0 Å². The zero-order chi connectivity index (χ0) is 11.9. The van der Waals surface area contributed by atoms with Crippen molar-refractivity contribution < 1.29 is 9.84 Å². The SMILES string of the molecule is CCCN(CCO)CC1(CN)CCCOC1. The minimum Gasteiger partial charge on any atom is -0.395 e. The maximum absolute atomic E-state index is 9.05. The third-order valence-electron chi connectivity index (χ3n) is 3.35. The molecule has 0 bridgehead atoms. The van der Waals surface area contributed by atoms with Gasteiger partial charge in [-0.3, -0.25) is 0 Å². The van der Waals surface area contributed by atoms with Crippen LogP contribution < -0.4 is 5.73 Å². The Balaban J connectivity index is 2.50. The Hall–Kier alpha value is -0.160. The number of nitrogens with two attached hydrogens (primary N) is 1. The van der Waals surface area contributed by atoms with E-state index < -0.39 is 0 Å². The quantitative estimate of drug-likeness (QED) is 0.666. The van der Waals surface area contributed by atoms with E-state index in [9.17, 15) is 0 Å². The van der Waals surface area contributed by atoms with Crippen molar-refractivity contribution in [3.63, 3.8) is 0 Å². The van der Waals surface area contributed by atoms with E-state index >= 15 is 0 Å². The summed E-state index contributed by atoms with van der Waals surface area (Å²) < 4.78 is 5.56. The maximum atomic E-state index is 9.05. The second kappa shape index (κ2) is 7.22. The fourth-order valence-corrected chi connectivity index (χ4v) is 2.46. The lowest BCUT2D eigenvalue weighted by molar-refractivity contribution is -0.0236. The highest BCUT2D eigenvalue weighted by Gasteiger charge is 2.33. The van der Waals surface area contributed by atoms with Crippen LogP contribution >= 0.6 is 0 Å². The highest BCUT2D eigenvalue weighted by atomic mass is 16.5. The summed E-state index contributed by atoms with van der Waals surface area (Å²) >= 11 is 0. The van der Waals surface area contributed by atoms with Crippen LogP contribution in [-0.2, 0) is 4.74 Å². The van der Waals surface area contributed by atoms with Crippen LogP contribution in [0.25, 0.3) is 0 Å². The van der Waals surface area contributed by atoms with Gasteiger partial charge in [0.05, 0.1) is 13.2 Å². The third-order valence-corrected chi connectivity index (χ3v) is 3.35. The molecule has 1 heterocycles. The van der Waals surface area contributed by atoms with Crippen LogP contribution in [0.15, 0.2) is 0 Å². The summed E-state index contributed by atoms with van der Waals surface area (Å²) in [6.07, 6.45) is 3.37. The fourth-order valence-electron chi connectivity index (χ4n) is 2.46. The topological polar surface area (TPSA) is 58.7 Å². The molecule has 96 valence electrons. The molecule has 0 saturated carbocycles. The predicted molar refractivity (Wildman–Crippen MR) is 65.4 cm³/mol. The van der Waals surface area contributed by atoms with Crippen LogP contribution in [0.1, 0.15) is 26.2 Å². The molecule has 1 aliphatic heterocycles. The van der Waals surface area contributed by atoms with Gasteiger partial charge in [0.15, 0.2) is 0 Å². The summed E-state index contributed by atoms with van der Waals surface area (Å²) in [7, 11) is 0. The minimum atomic E-state index is 0.114. The van der Waals surface area contributed by atoms with Gasteiger partial charge in [0.25, 0.3) is 0 Å². The molecule has 0 radical (unpaired) electrons. The molecule has 4 nitrogen and oxygen atoms in total. The van der Waals surface area contributed by atoms with Gasteiger partial charge < -0.3 is 20.5 Å². The number of aliphatic hydroxyl groups is 1. The first kappa shape index (κ1) is 13.9. The second-order valence-corrected chi connectivity index (χ2v) is 4.86. The summed E-state index contributed by atoms with van der Waals surface area (Å²) in [6.45, 7) is 7.44. The van der Waals surface area contributed by atoms with Gasteiger partial charge in [0, 0.05) is 31.7 Å². The summed E-state index contributed by atoms with van der Waals surface area (Å²) in [5, 5.41) is 9.05. The molecule has 0 spiro atoms. The molecule has 4 heteroatoms. The van der Waals surface area contributed by atoms with E-state index in [1.165, 1.54) is 0 Å². The standard InChI is InChI=1S/C12H26N2O2/c1-2-5-14(6-7-15)10-12(9-13)4-3-8-16-11-12/h15H,2-11,13H2,1H3. The average Bonchev–Trinajstić information content (AvgIpc) is 2.31. The molecule has 3 N–H and O–H groups in total. The monoisotopic (exact) mass is 230 g/mol. The molecule has 0 amide bonds. The molecule has 16 heavy (non-hydrogen) atoms.